The van der Waals surface area contributed by atoms with E-state index in [1.54, 1.807) is 11.3 Å². The molecule has 18 heavy (non-hydrogen) atoms. The Morgan fingerprint density at radius 2 is 2.28 bits per heavy atom. The zero-order valence-electron chi connectivity index (χ0n) is 10.6. The second kappa shape index (κ2) is 7.21. The maximum Gasteiger partial charge on any atom is 0.0701 e. The van der Waals surface area contributed by atoms with Crippen molar-refractivity contribution in [1.82, 2.24) is 4.90 Å². The van der Waals surface area contributed by atoms with Gasteiger partial charge in [-0.05, 0) is 24.3 Å². The quantitative estimate of drug-likeness (QED) is 0.816. The minimum atomic E-state index is 0.112. The fraction of sp³-hybridized carbons (Fsp3) is 0.692. The van der Waals surface area contributed by atoms with Crippen molar-refractivity contribution in [2.45, 2.75) is 25.0 Å². The fourth-order valence-corrected chi connectivity index (χ4v) is 3.37. The van der Waals surface area contributed by atoms with Crippen LogP contribution in [0.5, 0.6) is 0 Å². The number of piperidine rings is 1. The zero-order chi connectivity index (χ0) is 12.8. The third-order valence-electron chi connectivity index (χ3n) is 3.46. The van der Waals surface area contributed by atoms with Gasteiger partial charge in [-0.3, -0.25) is 4.90 Å². The molecule has 1 aromatic rings. The molecule has 1 aliphatic rings. The van der Waals surface area contributed by atoms with E-state index < -0.39 is 0 Å². The number of aliphatic hydroxyl groups is 1. The van der Waals surface area contributed by atoms with Crippen molar-refractivity contribution < 1.29 is 9.84 Å². The van der Waals surface area contributed by atoms with Gasteiger partial charge in [0.1, 0.15) is 0 Å². The SMILES string of the molecule is NCC(c1cccs1)N1CCC(OCCO)CC1. The van der Waals surface area contributed by atoms with Crippen molar-refractivity contribution in [3.8, 4) is 0 Å². The standard InChI is InChI=1S/C13H22N2O2S/c14-10-12(13-2-1-9-18-13)15-5-3-11(4-6-15)17-8-7-16/h1-2,9,11-12,16H,3-8,10,14H2. The summed E-state index contributed by atoms with van der Waals surface area (Å²) in [5, 5.41) is 10.9. The van der Waals surface area contributed by atoms with Gasteiger partial charge in [-0.2, -0.15) is 0 Å². The summed E-state index contributed by atoms with van der Waals surface area (Å²) in [6.45, 7) is 3.28. The number of hydrogen-bond donors (Lipinski definition) is 2. The van der Waals surface area contributed by atoms with E-state index in [1.807, 2.05) is 0 Å². The predicted molar refractivity (Wildman–Crippen MR) is 73.7 cm³/mol. The third-order valence-corrected chi connectivity index (χ3v) is 4.43. The van der Waals surface area contributed by atoms with E-state index >= 15 is 0 Å². The molecule has 0 spiro atoms. The Kier molecular flexibility index (Phi) is 5.59. The molecule has 3 N–H and O–H groups in total. The lowest BCUT2D eigenvalue weighted by Crippen LogP contribution is -2.41. The number of thiophene rings is 1. The van der Waals surface area contributed by atoms with Crippen LogP contribution in [0.4, 0.5) is 0 Å². The smallest absolute Gasteiger partial charge is 0.0701 e. The first-order chi connectivity index (χ1) is 8.85. The van der Waals surface area contributed by atoms with Gasteiger partial charge >= 0.3 is 0 Å². The molecule has 1 aliphatic heterocycles. The topological polar surface area (TPSA) is 58.7 Å². The molecule has 1 saturated heterocycles. The van der Waals surface area contributed by atoms with Gasteiger partial charge in [0.15, 0.2) is 0 Å². The summed E-state index contributed by atoms with van der Waals surface area (Å²) in [4.78, 5) is 3.80. The molecule has 1 unspecified atom stereocenters. The summed E-state index contributed by atoms with van der Waals surface area (Å²) < 4.78 is 5.58. The normalized spacial score (nSPS) is 20.1. The summed E-state index contributed by atoms with van der Waals surface area (Å²) in [6, 6.07) is 4.60. The second-order valence-electron chi connectivity index (χ2n) is 4.60. The number of rotatable bonds is 6. The molecule has 5 heteroatoms. The van der Waals surface area contributed by atoms with Gasteiger partial charge in [0.2, 0.25) is 0 Å². The van der Waals surface area contributed by atoms with Crippen LogP contribution < -0.4 is 5.73 Å². The molecular weight excluding hydrogens is 248 g/mol. The molecule has 1 atom stereocenters. The van der Waals surface area contributed by atoms with Crippen LogP contribution in [0.25, 0.3) is 0 Å². The van der Waals surface area contributed by atoms with E-state index in [1.165, 1.54) is 4.88 Å². The van der Waals surface area contributed by atoms with Gasteiger partial charge in [-0.1, -0.05) is 6.07 Å². The van der Waals surface area contributed by atoms with E-state index in [2.05, 4.69) is 22.4 Å². The monoisotopic (exact) mass is 270 g/mol. The number of aliphatic hydroxyl groups excluding tert-OH is 1. The Hall–Kier alpha value is -0.460. The number of nitrogens with zero attached hydrogens (tertiary/aromatic N) is 1. The molecule has 0 aliphatic carbocycles. The molecule has 0 radical (unpaired) electrons. The van der Waals surface area contributed by atoms with Crippen LogP contribution in [-0.2, 0) is 4.74 Å². The van der Waals surface area contributed by atoms with Gasteiger partial charge < -0.3 is 15.6 Å². The van der Waals surface area contributed by atoms with Gasteiger partial charge in [0.05, 0.1) is 25.4 Å². The Labute approximate surface area is 112 Å². The van der Waals surface area contributed by atoms with Crippen LogP contribution in [0, 0.1) is 0 Å². The van der Waals surface area contributed by atoms with Crippen molar-refractivity contribution >= 4 is 11.3 Å². The molecule has 2 rings (SSSR count). The van der Waals surface area contributed by atoms with E-state index in [-0.39, 0.29) is 6.61 Å². The van der Waals surface area contributed by atoms with E-state index in [0.29, 0.717) is 25.3 Å². The van der Waals surface area contributed by atoms with E-state index in [0.717, 1.165) is 25.9 Å². The minimum Gasteiger partial charge on any atom is -0.394 e. The lowest BCUT2D eigenvalue weighted by molar-refractivity contribution is -0.0146. The molecule has 2 heterocycles. The maximum atomic E-state index is 8.75. The minimum absolute atomic E-state index is 0.112. The van der Waals surface area contributed by atoms with E-state index in [9.17, 15) is 0 Å². The summed E-state index contributed by atoms with van der Waals surface area (Å²) in [5.41, 5.74) is 5.91. The first kappa shape index (κ1) is 14.0. The summed E-state index contributed by atoms with van der Waals surface area (Å²) in [7, 11) is 0. The lowest BCUT2D eigenvalue weighted by Gasteiger charge is -2.36. The van der Waals surface area contributed by atoms with Crippen LogP contribution >= 0.6 is 11.3 Å². The Morgan fingerprint density at radius 3 is 2.83 bits per heavy atom. The molecule has 0 saturated carbocycles. The second-order valence-corrected chi connectivity index (χ2v) is 5.58. The molecule has 0 amide bonds. The van der Waals surface area contributed by atoms with Gasteiger partial charge in [-0.15, -0.1) is 11.3 Å². The van der Waals surface area contributed by atoms with Crippen molar-refractivity contribution in [2.24, 2.45) is 5.73 Å². The molecule has 1 aromatic heterocycles. The van der Waals surface area contributed by atoms with Crippen molar-refractivity contribution in [3.63, 3.8) is 0 Å². The molecule has 0 bridgehead atoms. The van der Waals surface area contributed by atoms with E-state index in [4.69, 9.17) is 15.6 Å². The third kappa shape index (κ3) is 3.52. The van der Waals surface area contributed by atoms with Crippen molar-refractivity contribution in [3.05, 3.63) is 22.4 Å². The number of hydrogen-bond acceptors (Lipinski definition) is 5. The zero-order valence-corrected chi connectivity index (χ0v) is 11.4. The summed E-state index contributed by atoms with van der Waals surface area (Å²) >= 11 is 1.78. The number of nitrogens with two attached hydrogens (primary N) is 1. The van der Waals surface area contributed by atoms with Crippen molar-refractivity contribution in [2.75, 3.05) is 32.8 Å². The number of likely N-dealkylation sites (tertiary alicyclic amines) is 1. The highest BCUT2D eigenvalue weighted by molar-refractivity contribution is 7.10. The first-order valence-corrected chi connectivity index (χ1v) is 7.43. The Morgan fingerprint density at radius 1 is 1.50 bits per heavy atom. The van der Waals surface area contributed by atoms with Crippen molar-refractivity contribution in [1.29, 1.82) is 0 Å². The predicted octanol–water partition coefficient (Wildman–Crippen LogP) is 1.22. The summed E-state index contributed by atoms with van der Waals surface area (Å²) in [5.74, 6) is 0. The molecule has 0 aromatic carbocycles. The van der Waals surface area contributed by atoms with Gasteiger partial charge in [0, 0.05) is 24.5 Å². The molecular formula is C13H22N2O2S. The van der Waals surface area contributed by atoms with Gasteiger partial charge in [-0.25, -0.2) is 0 Å². The van der Waals surface area contributed by atoms with Crippen LogP contribution in [0.15, 0.2) is 17.5 Å². The van der Waals surface area contributed by atoms with Gasteiger partial charge in [0.25, 0.3) is 0 Å². The Balaban J connectivity index is 1.84. The first-order valence-electron chi connectivity index (χ1n) is 6.55. The average molecular weight is 270 g/mol. The Bertz CT molecular complexity index is 324. The maximum absolute atomic E-state index is 8.75. The average Bonchev–Trinajstić information content (AvgIpc) is 2.93. The number of ether oxygens (including phenoxy) is 1. The summed E-state index contributed by atoms with van der Waals surface area (Å²) in [6.07, 6.45) is 2.36. The van der Waals surface area contributed by atoms with Crippen LogP contribution in [0.1, 0.15) is 23.8 Å². The fourth-order valence-electron chi connectivity index (χ4n) is 2.50. The highest BCUT2D eigenvalue weighted by atomic mass is 32.1. The highest BCUT2D eigenvalue weighted by Crippen LogP contribution is 2.27. The molecule has 1 fully saturated rings. The highest BCUT2D eigenvalue weighted by Gasteiger charge is 2.25. The largest absolute Gasteiger partial charge is 0.394 e. The lowest BCUT2D eigenvalue weighted by atomic mass is 10.0. The molecule has 102 valence electrons. The van der Waals surface area contributed by atoms with Crippen LogP contribution in [0.3, 0.4) is 0 Å². The van der Waals surface area contributed by atoms with Crippen LogP contribution in [-0.4, -0.2) is 49.0 Å². The van der Waals surface area contributed by atoms with Crippen LogP contribution in [0.2, 0.25) is 0 Å². The molecule has 4 nitrogen and oxygen atoms in total.